The van der Waals surface area contributed by atoms with E-state index in [1.807, 2.05) is 13.8 Å². The number of hydrogen-bond donors (Lipinski definition) is 0. The van der Waals surface area contributed by atoms with Crippen LogP contribution in [0.25, 0.3) is 0 Å². The quantitative estimate of drug-likeness (QED) is 0.672. The van der Waals surface area contributed by atoms with Crippen molar-refractivity contribution in [3.63, 3.8) is 0 Å². The topological polar surface area (TPSA) is 72.3 Å². The van der Waals surface area contributed by atoms with Gasteiger partial charge in [0, 0.05) is 25.3 Å². The molecule has 0 bridgehead atoms. The summed E-state index contributed by atoms with van der Waals surface area (Å²) < 4.78 is 25.5. The van der Waals surface area contributed by atoms with Crippen molar-refractivity contribution < 1.29 is 13.2 Å². The molecule has 0 saturated carbocycles. The second-order valence-corrected chi connectivity index (χ2v) is 10.4. The number of hydrogen-bond acceptors (Lipinski definition) is 5. The summed E-state index contributed by atoms with van der Waals surface area (Å²) in [5.74, 6) is 0.222. The van der Waals surface area contributed by atoms with Gasteiger partial charge in [0.15, 0.2) is 15.0 Å². The molecule has 0 unspecified atom stereocenters. The van der Waals surface area contributed by atoms with Crippen LogP contribution in [0.2, 0.25) is 0 Å². The molecular weight excluding hydrogens is 358 g/mol. The molecule has 0 N–H and O–H groups in total. The normalized spacial score (nSPS) is 20.6. The first kappa shape index (κ1) is 20.3. The molecule has 2 heterocycles. The van der Waals surface area contributed by atoms with Crippen LogP contribution in [0.15, 0.2) is 5.16 Å². The maximum Gasteiger partial charge on any atom is 0.235 e. The van der Waals surface area contributed by atoms with Crippen LogP contribution >= 0.6 is 11.8 Å². The third-order valence-electron chi connectivity index (χ3n) is 4.89. The number of rotatable bonds is 7. The van der Waals surface area contributed by atoms with E-state index in [2.05, 4.69) is 23.4 Å². The molecule has 0 aromatic carbocycles. The van der Waals surface area contributed by atoms with Crippen LogP contribution in [0.4, 0.5) is 0 Å². The molecule has 1 aromatic heterocycles. The molecule has 2 rings (SSSR count). The number of aryl methyl sites for hydroxylation is 1. The smallest absolute Gasteiger partial charge is 0.235 e. The summed E-state index contributed by atoms with van der Waals surface area (Å²) in [6.07, 6.45) is 2.71. The molecule has 1 fully saturated rings. The van der Waals surface area contributed by atoms with Crippen LogP contribution in [0, 0.1) is 13.8 Å². The number of carbonyl (C=O) groups is 1. The van der Waals surface area contributed by atoms with E-state index >= 15 is 0 Å². The van der Waals surface area contributed by atoms with Gasteiger partial charge in [0.05, 0.1) is 22.4 Å². The lowest BCUT2D eigenvalue weighted by Crippen LogP contribution is -2.41. The Morgan fingerprint density at radius 3 is 2.68 bits per heavy atom. The number of amides is 1. The van der Waals surface area contributed by atoms with Crippen LogP contribution < -0.4 is 0 Å². The van der Waals surface area contributed by atoms with E-state index in [4.69, 9.17) is 0 Å². The van der Waals surface area contributed by atoms with Gasteiger partial charge in [-0.1, -0.05) is 25.1 Å². The van der Waals surface area contributed by atoms with Crippen molar-refractivity contribution in [2.24, 2.45) is 0 Å². The molecular formula is C17H29N3O3S2. The first-order valence-corrected chi connectivity index (χ1v) is 11.5. The zero-order valence-corrected chi connectivity index (χ0v) is 17.4. The molecule has 1 saturated heterocycles. The minimum Gasteiger partial charge on any atom is -0.341 e. The third kappa shape index (κ3) is 4.78. The van der Waals surface area contributed by atoms with E-state index in [1.165, 1.54) is 11.8 Å². The average Bonchev–Trinajstić information content (AvgIpc) is 3.04. The van der Waals surface area contributed by atoms with E-state index in [-0.39, 0.29) is 28.7 Å². The van der Waals surface area contributed by atoms with Crippen molar-refractivity contribution in [2.45, 2.75) is 70.0 Å². The summed E-state index contributed by atoms with van der Waals surface area (Å²) in [6.45, 7) is 8.98. The fourth-order valence-corrected chi connectivity index (χ4v) is 5.95. The first-order valence-electron chi connectivity index (χ1n) is 8.83. The number of thioether (sulfide) groups is 1. The Balaban J connectivity index is 2.07. The zero-order chi connectivity index (χ0) is 18.8. The Morgan fingerprint density at radius 1 is 1.44 bits per heavy atom. The number of imidazole rings is 1. The highest BCUT2D eigenvalue weighted by atomic mass is 32.2. The predicted octanol–water partition coefficient (Wildman–Crippen LogP) is 2.43. The maximum atomic E-state index is 12.7. The van der Waals surface area contributed by atoms with Crippen LogP contribution in [0.3, 0.4) is 0 Å². The Morgan fingerprint density at radius 2 is 2.12 bits per heavy atom. The van der Waals surface area contributed by atoms with Gasteiger partial charge in [-0.3, -0.25) is 4.79 Å². The fourth-order valence-electron chi connectivity index (χ4n) is 3.05. The van der Waals surface area contributed by atoms with Gasteiger partial charge < -0.3 is 9.47 Å². The summed E-state index contributed by atoms with van der Waals surface area (Å²) in [6, 6.07) is -0.205. The minimum atomic E-state index is -3.00. The second-order valence-electron chi connectivity index (χ2n) is 6.84. The lowest BCUT2D eigenvalue weighted by Gasteiger charge is -2.26. The SMILES string of the molecule is CCCCn1c(S[C@H](C)C(=O)N(C)[C@@H]2CCS(=O)(=O)C2)nc(C)c1C. The Kier molecular flexibility index (Phi) is 6.59. The number of nitrogens with zero attached hydrogens (tertiary/aromatic N) is 3. The van der Waals surface area contributed by atoms with Gasteiger partial charge in [0.2, 0.25) is 5.91 Å². The average molecular weight is 388 g/mol. The van der Waals surface area contributed by atoms with Gasteiger partial charge >= 0.3 is 0 Å². The largest absolute Gasteiger partial charge is 0.341 e. The van der Waals surface area contributed by atoms with Gasteiger partial charge in [0.25, 0.3) is 0 Å². The molecule has 1 amide bonds. The number of sulfone groups is 1. The summed E-state index contributed by atoms with van der Waals surface area (Å²) in [4.78, 5) is 19.0. The lowest BCUT2D eigenvalue weighted by molar-refractivity contribution is -0.130. The number of carbonyl (C=O) groups excluding carboxylic acids is 1. The van der Waals surface area contributed by atoms with Gasteiger partial charge in [-0.05, 0) is 33.6 Å². The maximum absolute atomic E-state index is 12.7. The van der Waals surface area contributed by atoms with Crippen LogP contribution in [0.1, 0.15) is 44.5 Å². The van der Waals surface area contributed by atoms with E-state index in [0.29, 0.717) is 6.42 Å². The highest BCUT2D eigenvalue weighted by Gasteiger charge is 2.34. The minimum absolute atomic E-state index is 0.0348. The summed E-state index contributed by atoms with van der Waals surface area (Å²) in [5.41, 5.74) is 2.14. The zero-order valence-electron chi connectivity index (χ0n) is 15.8. The van der Waals surface area contributed by atoms with Crippen molar-refractivity contribution in [1.29, 1.82) is 0 Å². The molecule has 0 aliphatic carbocycles. The molecule has 142 valence electrons. The standard InChI is InChI=1S/C17H29N3O3S2/c1-6-7-9-20-13(3)12(2)18-17(20)24-14(4)16(21)19(5)15-8-10-25(22,23)11-15/h14-15H,6-11H2,1-5H3/t14-,15-/m1/s1. The van der Waals surface area contributed by atoms with Crippen molar-refractivity contribution in [2.75, 3.05) is 18.6 Å². The van der Waals surface area contributed by atoms with Gasteiger partial charge in [-0.15, -0.1) is 0 Å². The molecule has 8 heteroatoms. The van der Waals surface area contributed by atoms with Crippen molar-refractivity contribution in [3.05, 3.63) is 11.4 Å². The number of unbranched alkanes of at least 4 members (excludes halogenated alkanes) is 1. The van der Waals surface area contributed by atoms with Crippen LogP contribution in [0.5, 0.6) is 0 Å². The fraction of sp³-hybridized carbons (Fsp3) is 0.765. The van der Waals surface area contributed by atoms with Crippen molar-refractivity contribution >= 4 is 27.5 Å². The molecule has 0 spiro atoms. The van der Waals surface area contributed by atoms with E-state index < -0.39 is 9.84 Å². The summed E-state index contributed by atoms with van der Waals surface area (Å²) in [7, 11) is -1.28. The second kappa shape index (κ2) is 8.12. The molecule has 1 aliphatic rings. The molecule has 2 atom stereocenters. The van der Waals surface area contributed by atoms with E-state index in [9.17, 15) is 13.2 Å². The van der Waals surface area contributed by atoms with Gasteiger partial charge in [-0.25, -0.2) is 13.4 Å². The summed E-state index contributed by atoms with van der Waals surface area (Å²) >= 11 is 1.46. The summed E-state index contributed by atoms with van der Waals surface area (Å²) in [5, 5.41) is 0.576. The molecule has 0 radical (unpaired) electrons. The molecule has 1 aromatic rings. The predicted molar refractivity (Wildman–Crippen MR) is 102 cm³/mol. The van der Waals surface area contributed by atoms with E-state index in [1.54, 1.807) is 11.9 Å². The van der Waals surface area contributed by atoms with Crippen molar-refractivity contribution in [3.8, 4) is 0 Å². The monoisotopic (exact) mass is 387 g/mol. The van der Waals surface area contributed by atoms with Crippen LogP contribution in [-0.2, 0) is 21.2 Å². The molecule has 1 aliphatic heterocycles. The van der Waals surface area contributed by atoms with Crippen LogP contribution in [-0.4, -0.2) is 58.6 Å². The van der Waals surface area contributed by atoms with E-state index in [0.717, 1.165) is 35.9 Å². The Labute approximate surface area is 155 Å². The highest BCUT2D eigenvalue weighted by Crippen LogP contribution is 2.28. The number of aromatic nitrogens is 2. The highest BCUT2D eigenvalue weighted by molar-refractivity contribution is 8.00. The Bertz CT molecular complexity index is 728. The molecule has 6 nitrogen and oxygen atoms in total. The van der Waals surface area contributed by atoms with Gasteiger partial charge in [0.1, 0.15) is 0 Å². The van der Waals surface area contributed by atoms with Crippen molar-refractivity contribution in [1.82, 2.24) is 14.5 Å². The van der Waals surface area contributed by atoms with Gasteiger partial charge in [-0.2, -0.15) is 0 Å². The third-order valence-corrected chi connectivity index (χ3v) is 7.72. The molecule has 25 heavy (non-hydrogen) atoms. The Hall–Kier alpha value is -1.02. The first-order chi connectivity index (χ1) is 11.7. The lowest BCUT2D eigenvalue weighted by atomic mass is 10.2.